The van der Waals surface area contributed by atoms with E-state index in [0.29, 0.717) is 54.2 Å². The smallest absolute Gasteiger partial charge is 0.352 e. The molecular weight excluding hydrogens is 910 g/mol. The number of thiazole rings is 1. The Bertz CT molecular complexity index is 2380. The van der Waals surface area contributed by atoms with Crippen LogP contribution in [0.1, 0.15) is 27.9 Å². The van der Waals surface area contributed by atoms with E-state index >= 15 is 0 Å². The van der Waals surface area contributed by atoms with Crippen LogP contribution in [-0.2, 0) is 50.3 Å². The summed E-state index contributed by atoms with van der Waals surface area (Å²) in [6.07, 6.45) is 0. The van der Waals surface area contributed by atoms with Crippen LogP contribution in [0.2, 0.25) is 0 Å². The number of nitrogens with one attached hydrogen (secondary N) is 2. The summed E-state index contributed by atoms with van der Waals surface area (Å²) >= 11 is 8.61. The van der Waals surface area contributed by atoms with Crippen LogP contribution < -0.4 is 20.1 Å². The largest absolute Gasteiger partial charge is 0.477 e. The molecule has 1 fully saturated rings. The van der Waals surface area contributed by atoms with Crippen molar-refractivity contribution in [1.82, 2.24) is 15.2 Å². The molecule has 66 heavy (non-hydrogen) atoms. The van der Waals surface area contributed by atoms with Crippen molar-refractivity contribution in [2.24, 2.45) is 5.16 Å². The third-order valence-electron chi connectivity index (χ3n) is 10.4. The molecule has 1 unspecified atom stereocenters. The predicted octanol–water partition coefficient (Wildman–Crippen LogP) is 6.44. The van der Waals surface area contributed by atoms with Crippen molar-refractivity contribution in [3.05, 3.63) is 154 Å². The van der Waals surface area contributed by atoms with Crippen LogP contribution in [0.4, 0.5) is 5.13 Å². The lowest BCUT2D eigenvalue weighted by molar-refractivity contribution is -0.150. The van der Waals surface area contributed by atoms with Crippen molar-refractivity contribution < 1.29 is 52.7 Å². The summed E-state index contributed by atoms with van der Waals surface area (Å²) < 4.78 is 32.8. The van der Waals surface area contributed by atoms with Crippen LogP contribution >= 0.6 is 34.7 Å². The monoisotopic (exact) mass is 957 g/mol. The second kappa shape index (κ2) is 23.5. The highest BCUT2D eigenvalue weighted by molar-refractivity contribution is 8.00. The maximum absolute atomic E-state index is 14.4. The van der Waals surface area contributed by atoms with E-state index in [1.165, 1.54) is 23.1 Å². The number of fused-ring (bicyclic) bond motifs is 1. The van der Waals surface area contributed by atoms with Gasteiger partial charge < -0.3 is 49.0 Å². The molecule has 0 aliphatic carbocycles. The predicted molar refractivity (Wildman–Crippen MR) is 250 cm³/mol. The lowest BCUT2D eigenvalue weighted by Gasteiger charge is -2.49. The Morgan fingerprint density at radius 3 is 2.00 bits per heavy atom. The number of ether oxygens (including phenoxy) is 6. The van der Waals surface area contributed by atoms with Gasteiger partial charge in [0.15, 0.2) is 35.9 Å². The Morgan fingerprint density at radius 2 is 1.44 bits per heavy atom. The number of carboxylic acid groups (broad SMARTS) is 1. The summed E-state index contributed by atoms with van der Waals surface area (Å²) in [6, 6.07) is 34.0. The maximum Gasteiger partial charge on any atom is 0.352 e. The molecule has 4 aromatic carbocycles. The van der Waals surface area contributed by atoms with Gasteiger partial charge in [0.2, 0.25) is 0 Å². The van der Waals surface area contributed by atoms with E-state index in [1.54, 1.807) is 37.8 Å². The minimum absolute atomic E-state index is 0.0502. The standard InChI is InChI=1S/C47H48ClN5O11S2/c1-58-20-22-60-29-62-37-19-18-31(24-38(37)63-30-61-23-21-59-2)26-64-52-39(42(54)50-40-43(55)53-41(45(56)57)32(25-48)27-65-44(40)53)36-28-66-46(49-36)51-47(33-12-6-3-7-13-33,34-14-8-4-9-15-34)35-16-10-5-11-17-35/h3-19,24,28,40,44H,20-23,25-27,29-30H2,1-2H3,(H,49,51)(H,50,54)(H,56,57)/t40?,44-/m0/s1. The lowest BCUT2D eigenvalue weighted by atomic mass is 9.77. The maximum atomic E-state index is 14.4. The number of thioether (sulfide) groups is 1. The summed E-state index contributed by atoms with van der Waals surface area (Å²) in [5.41, 5.74) is 2.70. The van der Waals surface area contributed by atoms with Crippen molar-refractivity contribution in [2.45, 2.75) is 23.6 Å². The topological polar surface area (TPSA) is 189 Å². The van der Waals surface area contributed by atoms with Gasteiger partial charge in [-0.3, -0.25) is 14.5 Å². The average molecular weight is 959 g/mol. The minimum atomic E-state index is -1.27. The number of amides is 2. The van der Waals surface area contributed by atoms with Crippen molar-refractivity contribution in [3.63, 3.8) is 0 Å². The van der Waals surface area contributed by atoms with Crippen LogP contribution in [-0.4, -0.2) is 116 Å². The summed E-state index contributed by atoms with van der Waals surface area (Å²) in [5, 5.41) is 22.2. The van der Waals surface area contributed by atoms with Crippen molar-refractivity contribution >= 4 is 63.3 Å². The number of benzene rings is 4. The van der Waals surface area contributed by atoms with Gasteiger partial charge in [0.05, 0.1) is 26.4 Å². The number of alkyl halides is 1. The number of aromatic nitrogens is 1. The molecule has 2 aliphatic heterocycles. The normalized spacial score (nSPS) is 16.0. The van der Waals surface area contributed by atoms with Crippen molar-refractivity contribution in [3.8, 4) is 11.5 Å². The molecule has 2 amide bonds. The third kappa shape index (κ3) is 11.2. The van der Waals surface area contributed by atoms with Crippen LogP contribution in [0.25, 0.3) is 0 Å². The van der Waals surface area contributed by atoms with Crippen molar-refractivity contribution in [1.29, 1.82) is 0 Å². The number of hydrogen-bond donors (Lipinski definition) is 3. The Kier molecular flexibility index (Phi) is 17.0. The zero-order valence-corrected chi connectivity index (χ0v) is 38.4. The molecule has 0 radical (unpaired) electrons. The van der Waals surface area contributed by atoms with Gasteiger partial charge in [-0.25, -0.2) is 9.78 Å². The van der Waals surface area contributed by atoms with Gasteiger partial charge in [-0.2, -0.15) is 0 Å². The summed E-state index contributed by atoms with van der Waals surface area (Å²) in [4.78, 5) is 52.1. The van der Waals surface area contributed by atoms with E-state index < -0.39 is 34.7 Å². The van der Waals surface area contributed by atoms with Gasteiger partial charge in [-0.15, -0.1) is 34.7 Å². The number of aliphatic carboxylic acids is 1. The molecule has 1 aromatic heterocycles. The van der Waals surface area contributed by atoms with Gasteiger partial charge in [-0.05, 0) is 40.0 Å². The first-order valence-electron chi connectivity index (χ1n) is 20.7. The fourth-order valence-corrected chi connectivity index (χ4v) is 9.67. The fourth-order valence-electron chi connectivity index (χ4n) is 7.24. The Labute approximate surface area is 394 Å². The number of hydrogen-bond acceptors (Lipinski definition) is 15. The lowest BCUT2D eigenvalue weighted by Crippen LogP contribution is -2.71. The highest BCUT2D eigenvalue weighted by Gasteiger charge is 2.54. The van der Waals surface area contributed by atoms with Crippen LogP contribution in [0.5, 0.6) is 11.5 Å². The van der Waals surface area contributed by atoms with Gasteiger partial charge in [0.25, 0.3) is 11.8 Å². The second-order valence-electron chi connectivity index (χ2n) is 14.6. The molecule has 1 saturated heterocycles. The van der Waals surface area contributed by atoms with E-state index in [2.05, 4.69) is 15.8 Å². The molecule has 16 nitrogen and oxygen atoms in total. The molecule has 0 bridgehead atoms. The van der Waals surface area contributed by atoms with Gasteiger partial charge >= 0.3 is 5.97 Å². The summed E-state index contributed by atoms with van der Waals surface area (Å²) in [6.45, 7) is 1.15. The molecule has 3 N–H and O–H groups in total. The second-order valence-corrected chi connectivity index (χ2v) is 16.8. The van der Waals surface area contributed by atoms with Gasteiger partial charge in [0, 0.05) is 31.2 Å². The van der Waals surface area contributed by atoms with Gasteiger partial charge in [0.1, 0.15) is 35.0 Å². The zero-order valence-electron chi connectivity index (χ0n) is 36.1. The first kappa shape index (κ1) is 48.0. The highest BCUT2D eigenvalue weighted by Crippen LogP contribution is 2.42. The number of nitrogens with zero attached hydrogens (tertiary/aromatic N) is 3. The molecule has 7 rings (SSSR count). The van der Waals surface area contributed by atoms with E-state index in [4.69, 9.17) is 49.8 Å². The Balaban J connectivity index is 1.19. The first-order chi connectivity index (χ1) is 32.3. The molecule has 0 spiro atoms. The van der Waals surface area contributed by atoms with Crippen molar-refractivity contribution in [2.75, 3.05) is 71.2 Å². The van der Waals surface area contributed by atoms with Crippen LogP contribution in [0, 0.1) is 0 Å². The first-order valence-corrected chi connectivity index (χ1v) is 23.1. The van der Waals surface area contributed by atoms with E-state index in [-0.39, 0.29) is 48.9 Å². The Hall–Kier alpha value is -5.99. The number of oxime groups is 1. The van der Waals surface area contributed by atoms with Crippen LogP contribution in [0.15, 0.2) is 131 Å². The number of carboxylic acids is 1. The number of halogens is 1. The summed E-state index contributed by atoms with van der Waals surface area (Å²) in [5.74, 6) is -1.68. The van der Waals surface area contributed by atoms with Gasteiger partial charge in [-0.1, -0.05) is 102 Å². The third-order valence-corrected chi connectivity index (χ3v) is 12.8. The molecule has 2 aliphatic rings. The number of anilines is 1. The molecular formula is C47H48ClN5O11S2. The molecule has 3 heterocycles. The number of methoxy groups -OCH3 is 2. The molecule has 2 atom stereocenters. The molecule has 19 heteroatoms. The fraction of sp³-hybridized carbons (Fsp3) is 0.298. The number of rotatable bonds is 25. The minimum Gasteiger partial charge on any atom is -0.477 e. The van der Waals surface area contributed by atoms with E-state index in [9.17, 15) is 19.5 Å². The average Bonchev–Trinajstić information content (AvgIpc) is 3.82. The SMILES string of the molecule is COCCOCOc1ccc(CON=C(C(=O)NC2C(=O)N3C(C(=O)O)=C(CCl)CS[C@@H]23)c2csc(NC(c3ccccc3)(c3ccccc3)c3ccccc3)n2)cc1OCOCCOC. The summed E-state index contributed by atoms with van der Waals surface area (Å²) in [7, 11) is 3.15. The quantitative estimate of drug-likeness (QED) is 0.0110. The van der Waals surface area contributed by atoms with E-state index in [0.717, 1.165) is 21.6 Å². The Morgan fingerprint density at radius 1 is 0.848 bits per heavy atom. The molecule has 346 valence electrons. The molecule has 5 aromatic rings. The van der Waals surface area contributed by atoms with Crippen LogP contribution in [0.3, 0.4) is 0 Å². The number of carbonyl (C=O) groups is 3. The molecule has 0 saturated carbocycles. The van der Waals surface area contributed by atoms with E-state index in [1.807, 2.05) is 91.0 Å². The highest BCUT2D eigenvalue weighted by atomic mass is 35.5. The number of carbonyl (C=O) groups excluding carboxylic acids is 2. The zero-order chi connectivity index (χ0) is 46.3. The number of β-lactam (4-membered cyclic amide) rings is 1.